The number of aryl methyl sites for hydroxylation is 1. The zero-order valence-electron chi connectivity index (χ0n) is 14.4. The highest BCUT2D eigenvalue weighted by Gasteiger charge is 2.00. The van der Waals surface area contributed by atoms with Crippen LogP contribution in [-0.4, -0.2) is 17.4 Å². The van der Waals surface area contributed by atoms with Crippen LogP contribution >= 0.6 is 11.3 Å². The van der Waals surface area contributed by atoms with Gasteiger partial charge in [0.15, 0.2) is 0 Å². The second kappa shape index (κ2) is 9.23. The minimum Gasteiger partial charge on any atom is -0.487 e. The minimum absolute atomic E-state index is 0.0603. The largest absolute Gasteiger partial charge is 0.487 e. The number of aromatic nitrogens is 1. The molecule has 0 bridgehead atoms. The summed E-state index contributed by atoms with van der Waals surface area (Å²) < 4.78 is 5.70. The van der Waals surface area contributed by atoms with E-state index in [1.165, 1.54) is 0 Å². The number of hydrogen-bond donors (Lipinski definition) is 1. The molecule has 24 heavy (non-hydrogen) atoms. The van der Waals surface area contributed by atoms with Crippen molar-refractivity contribution in [2.45, 2.75) is 33.8 Å². The first kappa shape index (κ1) is 18.2. The Morgan fingerprint density at radius 1 is 1.33 bits per heavy atom. The summed E-state index contributed by atoms with van der Waals surface area (Å²) >= 11 is 1.62. The highest BCUT2D eigenvalue weighted by molar-refractivity contribution is 7.09. The van der Waals surface area contributed by atoms with E-state index in [-0.39, 0.29) is 5.91 Å². The van der Waals surface area contributed by atoms with Crippen LogP contribution in [0.4, 0.5) is 0 Å². The van der Waals surface area contributed by atoms with E-state index in [0.29, 0.717) is 19.1 Å². The molecule has 0 atom stereocenters. The lowest BCUT2D eigenvalue weighted by Crippen LogP contribution is -2.23. The van der Waals surface area contributed by atoms with Gasteiger partial charge in [-0.05, 0) is 43.0 Å². The fraction of sp³-hybridized carbons (Fsp3) is 0.368. The monoisotopic (exact) mass is 344 g/mol. The Kier molecular flexibility index (Phi) is 7.00. The molecule has 0 aliphatic rings. The summed E-state index contributed by atoms with van der Waals surface area (Å²) in [5, 5.41) is 5.93. The van der Waals surface area contributed by atoms with E-state index >= 15 is 0 Å². The zero-order chi connectivity index (χ0) is 17.4. The lowest BCUT2D eigenvalue weighted by Gasteiger charge is -2.05. The van der Waals surface area contributed by atoms with Crippen LogP contribution in [0, 0.1) is 12.8 Å². The van der Waals surface area contributed by atoms with Gasteiger partial charge < -0.3 is 10.1 Å². The van der Waals surface area contributed by atoms with E-state index < -0.39 is 0 Å². The van der Waals surface area contributed by atoms with Crippen LogP contribution in [0.1, 0.15) is 36.5 Å². The Morgan fingerprint density at radius 3 is 2.71 bits per heavy atom. The third-order valence-corrected chi connectivity index (χ3v) is 4.20. The molecule has 128 valence electrons. The Morgan fingerprint density at radius 2 is 2.08 bits per heavy atom. The van der Waals surface area contributed by atoms with Gasteiger partial charge >= 0.3 is 0 Å². The van der Waals surface area contributed by atoms with Crippen molar-refractivity contribution in [3.63, 3.8) is 0 Å². The maximum absolute atomic E-state index is 11.7. The number of carbonyl (C=O) groups is 1. The molecular weight excluding hydrogens is 320 g/mol. The van der Waals surface area contributed by atoms with Crippen LogP contribution in [0.25, 0.3) is 6.08 Å². The summed E-state index contributed by atoms with van der Waals surface area (Å²) in [6.45, 7) is 7.44. The number of nitrogens with one attached hydrogen (secondary N) is 1. The first-order valence-electron chi connectivity index (χ1n) is 8.12. The molecule has 4 nitrogen and oxygen atoms in total. The van der Waals surface area contributed by atoms with Crippen LogP contribution < -0.4 is 10.1 Å². The van der Waals surface area contributed by atoms with Crippen LogP contribution in [-0.2, 0) is 11.4 Å². The third-order valence-electron chi connectivity index (χ3n) is 3.38. The van der Waals surface area contributed by atoms with Crippen molar-refractivity contribution in [2.75, 3.05) is 6.54 Å². The van der Waals surface area contributed by atoms with Crippen molar-refractivity contribution in [1.29, 1.82) is 0 Å². The lowest BCUT2D eigenvalue weighted by molar-refractivity contribution is -0.116. The Hall–Kier alpha value is -2.14. The number of ether oxygens (including phenoxy) is 1. The molecule has 1 aromatic carbocycles. The Bertz CT molecular complexity index is 675. The second-order valence-corrected chi connectivity index (χ2v) is 7.08. The van der Waals surface area contributed by atoms with Gasteiger partial charge in [-0.15, -0.1) is 11.3 Å². The fourth-order valence-electron chi connectivity index (χ4n) is 2.02. The minimum atomic E-state index is -0.0603. The molecule has 5 heteroatoms. The van der Waals surface area contributed by atoms with Gasteiger partial charge in [0, 0.05) is 18.0 Å². The van der Waals surface area contributed by atoms with Crippen LogP contribution in [0.15, 0.2) is 35.7 Å². The van der Waals surface area contributed by atoms with Crippen LogP contribution in [0.3, 0.4) is 0 Å². The van der Waals surface area contributed by atoms with E-state index in [4.69, 9.17) is 4.74 Å². The maximum atomic E-state index is 11.7. The van der Waals surface area contributed by atoms with Crippen molar-refractivity contribution in [1.82, 2.24) is 10.3 Å². The van der Waals surface area contributed by atoms with Crippen LogP contribution in [0.2, 0.25) is 0 Å². The molecule has 0 fully saturated rings. The van der Waals surface area contributed by atoms with Crippen molar-refractivity contribution < 1.29 is 9.53 Å². The molecule has 0 saturated carbocycles. The van der Waals surface area contributed by atoms with Gasteiger partial charge in [-0.1, -0.05) is 26.0 Å². The predicted octanol–water partition coefficient (Wildman–Crippen LogP) is 4.21. The van der Waals surface area contributed by atoms with E-state index in [1.54, 1.807) is 23.5 Å². The molecular formula is C19H24N2O2S. The number of rotatable bonds is 8. The first-order chi connectivity index (χ1) is 11.5. The van der Waals surface area contributed by atoms with E-state index in [2.05, 4.69) is 24.1 Å². The number of nitrogens with zero attached hydrogens (tertiary/aromatic N) is 1. The third kappa shape index (κ3) is 6.54. The molecule has 0 aliphatic carbocycles. The van der Waals surface area contributed by atoms with E-state index in [1.807, 2.05) is 36.6 Å². The number of thiazole rings is 1. The molecule has 1 amide bonds. The Labute approximate surface area is 147 Å². The lowest BCUT2D eigenvalue weighted by atomic mass is 10.1. The van der Waals surface area contributed by atoms with Gasteiger partial charge in [-0.2, -0.15) is 0 Å². The second-order valence-electron chi connectivity index (χ2n) is 6.02. The number of hydrogen-bond acceptors (Lipinski definition) is 4. The van der Waals surface area contributed by atoms with E-state index in [9.17, 15) is 4.79 Å². The van der Waals surface area contributed by atoms with Crippen molar-refractivity contribution in [2.24, 2.45) is 5.92 Å². The van der Waals surface area contributed by atoms with Gasteiger partial charge in [0.25, 0.3) is 0 Å². The standard InChI is InChI=1S/C19H24N2O2S/c1-14(2)10-11-20-19(22)9-6-16-4-7-18(8-5-16)23-12-17-13-24-15(3)21-17/h4-9,13-14H,10-12H2,1-3H3,(H,20,22)/b9-6+. The smallest absolute Gasteiger partial charge is 0.243 e. The molecule has 1 aromatic heterocycles. The molecule has 0 saturated heterocycles. The van der Waals surface area contributed by atoms with Gasteiger partial charge in [0.2, 0.25) is 5.91 Å². The molecule has 2 aromatic rings. The van der Waals surface area contributed by atoms with Gasteiger partial charge in [0.05, 0.1) is 10.7 Å². The zero-order valence-corrected chi connectivity index (χ0v) is 15.2. The summed E-state index contributed by atoms with van der Waals surface area (Å²) in [5.74, 6) is 1.32. The topological polar surface area (TPSA) is 51.2 Å². The predicted molar refractivity (Wildman–Crippen MR) is 99.1 cm³/mol. The highest BCUT2D eigenvalue weighted by atomic mass is 32.1. The van der Waals surface area contributed by atoms with Crippen LogP contribution in [0.5, 0.6) is 5.75 Å². The number of carbonyl (C=O) groups excluding carboxylic acids is 1. The molecule has 1 heterocycles. The first-order valence-corrected chi connectivity index (χ1v) is 9.00. The summed E-state index contributed by atoms with van der Waals surface area (Å²) in [4.78, 5) is 16.1. The summed E-state index contributed by atoms with van der Waals surface area (Å²) in [6, 6.07) is 7.66. The average molecular weight is 344 g/mol. The average Bonchev–Trinajstić information content (AvgIpc) is 2.97. The summed E-state index contributed by atoms with van der Waals surface area (Å²) in [7, 11) is 0. The van der Waals surface area contributed by atoms with Gasteiger partial charge in [-0.3, -0.25) is 4.79 Å². The van der Waals surface area contributed by atoms with E-state index in [0.717, 1.165) is 28.4 Å². The fourth-order valence-corrected chi connectivity index (χ4v) is 2.62. The van der Waals surface area contributed by atoms with Gasteiger partial charge in [-0.25, -0.2) is 4.98 Å². The molecule has 0 aliphatic heterocycles. The molecule has 0 unspecified atom stereocenters. The molecule has 2 rings (SSSR count). The van der Waals surface area contributed by atoms with Crippen molar-refractivity contribution >= 4 is 23.3 Å². The number of benzene rings is 1. The normalized spacial score (nSPS) is 11.2. The Balaban J connectivity index is 1.78. The molecule has 0 spiro atoms. The van der Waals surface area contributed by atoms with Gasteiger partial charge in [0.1, 0.15) is 12.4 Å². The molecule has 1 N–H and O–H groups in total. The van der Waals surface area contributed by atoms with Crippen molar-refractivity contribution in [3.8, 4) is 5.75 Å². The number of amides is 1. The molecule has 0 radical (unpaired) electrons. The van der Waals surface area contributed by atoms with Crippen molar-refractivity contribution in [3.05, 3.63) is 52.0 Å². The quantitative estimate of drug-likeness (QED) is 0.730. The SMILES string of the molecule is Cc1nc(COc2ccc(/C=C/C(=O)NCCC(C)C)cc2)cs1. The maximum Gasteiger partial charge on any atom is 0.243 e. The summed E-state index contributed by atoms with van der Waals surface area (Å²) in [5.41, 5.74) is 1.91. The highest BCUT2D eigenvalue weighted by Crippen LogP contribution is 2.16. The summed E-state index contributed by atoms with van der Waals surface area (Å²) in [6.07, 6.45) is 4.36.